The Kier molecular flexibility index (Phi) is 6.02. The van der Waals surface area contributed by atoms with Gasteiger partial charge in [0.25, 0.3) is 0 Å². The zero-order valence-electron chi connectivity index (χ0n) is 25.1. The summed E-state index contributed by atoms with van der Waals surface area (Å²) in [7, 11) is 2.18. The van der Waals surface area contributed by atoms with Crippen LogP contribution in [0.3, 0.4) is 0 Å². The number of rotatable bonds is 4. The summed E-state index contributed by atoms with van der Waals surface area (Å²) in [5.41, 5.74) is 8.05. The monoisotopic (exact) mass is 516 g/mol. The molecule has 6 rings (SSSR count). The first-order chi connectivity index (χ1) is 18.4. The van der Waals surface area contributed by atoms with Crippen LogP contribution < -0.4 is 9.30 Å². The Labute approximate surface area is 233 Å². The highest BCUT2D eigenvalue weighted by molar-refractivity contribution is 6.16. The van der Waals surface area contributed by atoms with E-state index in [1.54, 1.807) is 0 Å². The average Bonchev–Trinajstić information content (AvgIpc) is 2.86. The van der Waals surface area contributed by atoms with Crippen LogP contribution in [-0.4, -0.2) is 0 Å². The maximum absolute atomic E-state index is 7.06. The van der Waals surface area contributed by atoms with Gasteiger partial charge in [0.05, 0.1) is 10.9 Å². The van der Waals surface area contributed by atoms with E-state index >= 15 is 0 Å². The van der Waals surface area contributed by atoms with Gasteiger partial charge in [-0.1, -0.05) is 84.9 Å². The first-order valence-corrected chi connectivity index (χ1v) is 14.6. The van der Waals surface area contributed by atoms with Crippen molar-refractivity contribution in [1.82, 2.24) is 0 Å². The summed E-state index contributed by atoms with van der Waals surface area (Å²) in [6, 6.07) is 18.6. The molecule has 0 amide bonds. The summed E-state index contributed by atoms with van der Waals surface area (Å²) in [4.78, 5) is 0. The summed E-state index contributed by atoms with van der Waals surface area (Å²) in [5, 5.41) is 7.72. The van der Waals surface area contributed by atoms with Gasteiger partial charge < -0.3 is 4.74 Å². The van der Waals surface area contributed by atoms with Gasteiger partial charge in [-0.05, 0) is 81.3 Å². The first kappa shape index (κ1) is 25.9. The van der Waals surface area contributed by atoms with Gasteiger partial charge in [0.15, 0.2) is 6.20 Å². The van der Waals surface area contributed by atoms with Crippen molar-refractivity contribution in [3.63, 3.8) is 0 Å². The molecule has 39 heavy (non-hydrogen) atoms. The van der Waals surface area contributed by atoms with Crippen molar-refractivity contribution in [3.8, 4) is 22.8 Å². The normalized spacial score (nSPS) is 13.1. The molecule has 5 aromatic rings. The van der Waals surface area contributed by atoms with Gasteiger partial charge >= 0.3 is 0 Å². The molecule has 2 nitrogen and oxygen atoms in total. The van der Waals surface area contributed by atoms with Crippen LogP contribution in [0.15, 0.2) is 54.7 Å². The van der Waals surface area contributed by atoms with Gasteiger partial charge in [-0.25, -0.2) is 4.57 Å². The number of aromatic nitrogens is 1. The Morgan fingerprint density at radius 1 is 0.846 bits per heavy atom. The van der Waals surface area contributed by atoms with Crippen LogP contribution in [0, 0.1) is 18.3 Å². The van der Waals surface area contributed by atoms with Crippen molar-refractivity contribution in [2.24, 2.45) is 18.4 Å². The average molecular weight is 517 g/mol. The van der Waals surface area contributed by atoms with Gasteiger partial charge in [0, 0.05) is 17.0 Å². The van der Waals surface area contributed by atoms with Crippen molar-refractivity contribution < 1.29 is 9.30 Å². The van der Waals surface area contributed by atoms with Crippen LogP contribution in [0.25, 0.3) is 43.6 Å². The number of hydrogen-bond donors (Lipinski definition) is 0. The molecule has 0 fully saturated rings. The quantitative estimate of drug-likeness (QED) is 0.168. The highest BCUT2D eigenvalue weighted by atomic mass is 16.5. The van der Waals surface area contributed by atoms with E-state index in [-0.39, 0.29) is 5.41 Å². The summed E-state index contributed by atoms with van der Waals surface area (Å²) < 4.78 is 9.37. The Balaban J connectivity index is 1.74. The molecule has 2 heteroatoms. The summed E-state index contributed by atoms with van der Waals surface area (Å²) >= 11 is 0. The largest absolute Gasteiger partial charge is 0.455 e. The van der Waals surface area contributed by atoms with Crippen LogP contribution >= 0.6 is 0 Å². The van der Waals surface area contributed by atoms with E-state index in [0.717, 1.165) is 24.3 Å². The van der Waals surface area contributed by atoms with E-state index in [4.69, 9.17) is 4.74 Å². The third-order valence-corrected chi connectivity index (χ3v) is 8.38. The second-order valence-electron chi connectivity index (χ2n) is 13.7. The molecule has 0 aliphatic carbocycles. The summed E-state index contributed by atoms with van der Waals surface area (Å²) in [6.45, 7) is 18.4. The first-order valence-electron chi connectivity index (χ1n) is 14.6. The fourth-order valence-corrected chi connectivity index (χ4v) is 6.58. The second-order valence-corrected chi connectivity index (χ2v) is 13.7. The Morgan fingerprint density at radius 3 is 2.28 bits per heavy atom. The fourth-order valence-electron chi connectivity index (χ4n) is 6.58. The van der Waals surface area contributed by atoms with Crippen molar-refractivity contribution in [2.45, 2.75) is 74.1 Å². The predicted molar refractivity (Wildman–Crippen MR) is 166 cm³/mol. The number of pyridine rings is 1. The number of hydrogen-bond acceptors (Lipinski definition) is 1. The minimum absolute atomic E-state index is 0.125. The van der Waals surface area contributed by atoms with Crippen LogP contribution in [0.2, 0.25) is 0 Å². The van der Waals surface area contributed by atoms with E-state index < -0.39 is 0 Å². The van der Waals surface area contributed by atoms with Gasteiger partial charge in [-0.15, -0.1) is 0 Å². The van der Waals surface area contributed by atoms with Gasteiger partial charge in [0.2, 0.25) is 5.69 Å². The molecule has 4 aromatic carbocycles. The van der Waals surface area contributed by atoms with Gasteiger partial charge in [-0.2, -0.15) is 0 Å². The lowest BCUT2D eigenvalue weighted by atomic mass is 9.81. The fraction of sp³-hybridized carbons (Fsp3) is 0.378. The molecular formula is C37H42NO+. The maximum atomic E-state index is 7.06. The third-order valence-electron chi connectivity index (χ3n) is 8.38. The van der Waals surface area contributed by atoms with Crippen LogP contribution in [0.1, 0.15) is 76.6 Å². The number of fused-ring (bicyclic) bond motifs is 5. The minimum atomic E-state index is 0.125. The number of aryl methyl sites for hydroxylation is 2. The molecule has 1 aliphatic rings. The van der Waals surface area contributed by atoms with Crippen molar-refractivity contribution >= 4 is 32.3 Å². The topological polar surface area (TPSA) is 13.1 Å². The summed E-state index contributed by atoms with van der Waals surface area (Å²) in [6.07, 6.45) is 4.28. The Hall–Kier alpha value is -3.39. The van der Waals surface area contributed by atoms with E-state index in [1.807, 2.05) is 0 Å². The molecule has 0 bridgehead atoms. The molecule has 2 heterocycles. The van der Waals surface area contributed by atoms with Crippen molar-refractivity contribution in [1.29, 1.82) is 0 Å². The third kappa shape index (κ3) is 4.29. The smallest absolute Gasteiger partial charge is 0.228 e. The van der Waals surface area contributed by atoms with E-state index in [1.165, 1.54) is 65.8 Å². The molecule has 0 radical (unpaired) electrons. The summed E-state index contributed by atoms with van der Waals surface area (Å²) in [5.74, 6) is 3.13. The second kappa shape index (κ2) is 9.08. The van der Waals surface area contributed by atoms with E-state index in [0.29, 0.717) is 11.8 Å². The standard InChI is InChI=1S/C37H42NO/c1-21(2)16-24-10-12-28-30(17-24)23(5)33-35-34-29(14-15-38(35)9)27-13-11-25(22(3)4)18-26(27)19-32(34)39-36(33)31(28)20-37(6,7)8/h10-15,17-19,21-22H,16,20H2,1-9H3/q+1. The van der Waals surface area contributed by atoms with Crippen LogP contribution in [0.4, 0.5) is 0 Å². The molecule has 0 atom stereocenters. The predicted octanol–water partition coefficient (Wildman–Crippen LogP) is 9.96. The lowest BCUT2D eigenvalue weighted by Crippen LogP contribution is -2.32. The van der Waals surface area contributed by atoms with Gasteiger partial charge in [0.1, 0.15) is 18.5 Å². The van der Waals surface area contributed by atoms with Crippen LogP contribution in [0.5, 0.6) is 11.5 Å². The molecule has 1 aliphatic heterocycles. The molecule has 0 N–H and O–H groups in total. The highest BCUT2D eigenvalue weighted by Gasteiger charge is 2.34. The van der Waals surface area contributed by atoms with Gasteiger partial charge in [-0.3, -0.25) is 0 Å². The minimum Gasteiger partial charge on any atom is -0.455 e. The molecule has 0 saturated carbocycles. The Bertz CT molecular complexity index is 1780. The number of benzene rings is 4. The van der Waals surface area contributed by atoms with E-state index in [2.05, 4.69) is 122 Å². The molecule has 0 saturated heterocycles. The maximum Gasteiger partial charge on any atom is 0.228 e. The number of nitrogens with zero attached hydrogens (tertiary/aromatic N) is 1. The molecule has 0 unspecified atom stereocenters. The van der Waals surface area contributed by atoms with Crippen molar-refractivity contribution in [3.05, 3.63) is 77.0 Å². The molecule has 200 valence electrons. The molecule has 0 spiro atoms. The van der Waals surface area contributed by atoms with Crippen LogP contribution in [-0.2, 0) is 19.9 Å². The lowest BCUT2D eigenvalue weighted by Gasteiger charge is -2.28. The Morgan fingerprint density at radius 2 is 1.59 bits per heavy atom. The van der Waals surface area contributed by atoms with E-state index in [9.17, 15) is 0 Å². The zero-order chi connectivity index (χ0) is 27.8. The molecular weight excluding hydrogens is 474 g/mol. The number of ether oxygens (including phenoxy) is 1. The molecule has 1 aromatic heterocycles. The van der Waals surface area contributed by atoms with Crippen molar-refractivity contribution in [2.75, 3.05) is 0 Å². The lowest BCUT2D eigenvalue weighted by molar-refractivity contribution is -0.659. The SMILES string of the molecule is Cc1c2c(c(CC(C)(C)C)c3ccc(CC(C)C)cc13)Oc1cc3cc(C(C)C)ccc3c3cc[n+](C)c-2c13. The highest BCUT2D eigenvalue weighted by Crippen LogP contribution is 2.53. The zero-order valence-corrected chi connectivity index (χ0v) is 25.1.